The van der Waals surface area contributed by atoms with Crippen molar-refractivity contribution in [3.63, 3.8) is 0 Å². The average Bonchev–Trinajstić information content (AvgIpc) is 2.62. The number of carbonyl (C=O) groups excluding carboxylic acids is 1. The van der Waals surface area contributed by atoms with Gasteiger partial charge in [-0.15, -0.1) is 11.8 Å². The molecule has 0 unspecified atom stereocenters. The molecule has 3 rings (SSSR count). The molecule has 1 amide bonds. The lowest BCUT2D eigenvalue weighted by Crippen LogP contribution is -2.19. The van der Waals surface area contributed by atoms with E-state index >= 15 is 0 Å². The number of aryl methyl sites for hydroxylation is 2. The summed E-state index contributed by atoms with van der Waals surface area (Å²) < 4.78 is 0. The van der Waals surface area contributed by atoms with Gasteiger partial charge in [0.25, 0.3) is 0 Å². The topological polar surface area (TPSA) is 74.6 Å². The van der Waals surface area contributed by atoms with E-state index in [2.05, 4.69) is 21.6 Å². The predicted molar refractivity (Wildman–Crippen MR) is 106 cm³/mol. The number of rotatable bonds is 5. The van der Waals surface area contributed by atoms with Gasteiger partial charge >= 0.3 is 0 Å². The first-order chi connectivity index (χ1) is 12.5. The number of hydrazone groups is 1. The Morgan fingerprint density at radius 2 is 1.96 bits per heavy atom. The van der Waals surface area contributed by atoms with Gasteiger partial charge in [0.2, 0.25) is 5.91 Å². The van der Waals surface area contributed by atoms with E-state index in [9.17, 15) is 9.90 Å². The van der Waals surface area contributed by atoms with Crippen LogP contribution >= 0.6 is 11.8 Å². The summed E-state index contributed by atoms with van der Waals surface area (Å²) in [6.07, 6.45) is 1.54. The number of nitrogens with one attached hydrogen (secondary N) is 1. The van der Waals surface area contributed by atoms with Crippen LogP contribution in [0.3, 0.4) is 0 Å². The molecule has 6 heteroatoms. The Balaban J connectivity index is 1.63. The van der Waals surface area contributed by atoms with Gasteiger partial charge in [0.15, 0.2) is 0 Å². The SMILES string of the molecule is Cc1ccc2nc(C)cc(SCC(=O)NN=Cc3ccc(O)cc3)c2c1. The van der Waals surface area contributed by atoms with Crippen LogP contribution in [0.2, 0.25) is 0 Å². The molecule has 0 radical (unpaired) electrons. The summed E-state index contributed by atoms with van der Waals surface area (Å²) in [4.78, 5) is 17.6. The highest BCUT2D eigenvalue weighted by molar-refractivity contribution is 8.00. The summed E-state index contributed by atoms with van der Waals surface area (Å²) in [5.41, 5.74) is 6.33. The number of thioether (sulfide) groups is 1. The lowest BCUT2D eigenvalue weighted by Gasteiger charge is -2.08. The van der Waals surface area contributed by atoms with Crippen molar-refractivity contribution >= 4 is 34.8 Å². The van der Waals surface area contributed by atoms with Crippen LogP contribution in [0, 0.1) is 13.8 Å². The van der Waals surface area contributed by atoms with Crippen LogP contribution in [0.5, 0.6) is 5.75 Å². The summed E-state index contributed by atoms with van der Waals surface area (Å²) in [5, 5.41) is 14.2. The van der Waals surface area contributed by atoms with Crippen LogP contribution in [0.1, 0.15) is 16.8 Å². The van der Waals surface area contributed by atoms with E-state index < -0.39 is 0 Å². The summed E-state index contributed by atoms with van der Waals surface area (Å²) in [7, 11) is 0. The van der Waals surface area contributed by atoms with Gasteiger partial charge in [-0.05, 0) is 61.9 Å². The minimum atomic E-state index is -0.180. The highest BCUT2D eigenvalue weighted by Gasteiger charge is 2.08. The van der Waals surface area contributed by atoms with Crippen molar-refractivity contribution < 1.29 is 9.90 Å². The molecule has 2 aromatic carbocycles. The molecule has 5 nitrogen and oxygen atoms in total. The molecule has 0 saturated carbocycles. The molecule has 0 fully saturated rings. The minimum Gasteiger partial charge on any atom is -0.508 e. The lowest BCUT2D eigenvalue weighted by molar-refractivity contribution is -0.118. The van der Waals surface area contributed by atoms with Crippen molar-refractivity contribution in [3.05, 3.63) is 65.4 Å². The molecule has 26 heavy (non-hydrogen) atoms. The van der Waals surface area contributed by atoms with Gasteiger partial charge < -0.3 is 5.11 Å². The molecule has 0 aliphatic carbocycles. The van der Waals surface area contributed by atoms with Crippen molar-refractivity contribution in [1.29, 1.82) is 0 Å². The second-order valence-electron chi connectivity index (χ2n) is 5.96. The highest BCUT2D eigenvalue weighted by atomic mass is 32.2. The Morgan fingerprint density at radius 3 is 2.73 bits per heavy atom. The van der Waals surface area contributed by atoms with E-state index in [1.807, 2.05) is 32.0 Å². The normalized spacial score (nSPS) is 11.2. The quantitative estimate of drug-likeness (QED) is 0.410. The number of carbonyl (C=O) groups is 1. The number of benzene rings is 2. The number of hydrogen-bond donors (Lipinski definition) is 2. The number of aromatic hydroxyl groups is 1. The van der Waals surface area contributed by atoms with Crippen molar-refractivity contribution in [2.24, 2.45) is 5.10 Å². The Labute approximate surface area is 156 Å². The van der Waals surface area contributed by atoms with E-state index in [0.29, 0.717) is 0 Å². The van der Waals surface area contributed by atoms with Crippen LogP contribution in [0.15, 0.2) is 58.5 Å². The molecule has 0 aliphatic heterocycles. The van der Waals surface area contributed by atoms with Crippen LogP contribution in [0.25, 0.3) is 10.9 Å². The van der Waals surface area contributed by atoms with Gasteiger partial charge in [0, 0.05) is 16.0 Å². The molecular weight excluding hydrogens is 346 g/mol. The first kappa shape index (κ1) is 17.9. The zero-order chi connectivity index (χ0) is 18.5. The third-order valence-corrected chi connectivity index (χ3v) is 4.76. The predicted octanol–water partition coefficient (Wildman–Crippen LogP) is 3.80. The molecule has 2 N–H and O–H groups in total. The van der Waals surface area contributed by atoms with E-state index in [4.69, 9.17) is 0 Å². The number of nitrogens with zero attached hydrogens (tertiary/aromatic N) is 2. The number of aromatic nitrogens is 1. The molecule has 1 aromatic heterocycles. The molecule has 132 valence electrons. The maximum absolute atomic E-state index is 12.0. The second-order valence-corrected chi connectivity index (χ2v) is 6.97. The smallest absolute Gasteiger partial charge is 0.250 e. The average molecular weight is 365 g/mol. The number of phenolic OH excluding ortho intramolecular Hbond substituents is 1. The monoisotopic (exact) mass is 365 g/mol. The molecule has 3 aromatic rings. The first-order valence-electron chi connectivity index (χ1n) is 8.13. The van der Waals surface area contributed by atoms with Gasteiger partial charge in [-0.3, -0.25) is 9.78 Å². The van der Waals surface area contributed by atoms with Crippen molar-refractivity contribution in [1.82, 2.24) is 10.4 Å². The maximum atomic E-state index is 12.0. The summed E-state index contributed by atoms with van der Waals surface area (Å²) in [5.74, 6) is 0.275. The molecule has 0 saturated heterocycles. The van der Waals surface area contributed by atoms with E-state index in [1.54, 1.807) is 24.3 Å². The van der Waals surface area contributed by atoms with Crippen LogP contribution < -0.4 is 5.43 Å². The summed E-state index contributed by atoms with van der Waals surface area (Å²) >= 11 is 1.47. The Morgan fingerprint density at radius 1 is 1.19 bits per heavy atom. The van der Waals surface area contributed by atoms with Crippen LogP contribution in [-0.2, 0) is 4.79 Å². The zero-order valence-corrected chi connectivity index (χ0v) is 15.4. The molecule has 1 heterocycles. The number of hydrogen-bond acceptors (Lipinski definition) is 5. The zero-order valence-electron chi connectivity index (χ0n) is 14.6. The number of pyridine rings is 1. The first-order valence-corrected chi connectivity index (χ1v) is 9.11. The fraction of sp³-hybridized carbons (Fsp3) is 0.150. The van der Waals surface area contributed by atoms with Crippen molar-refractivity contribution in [3.8, 4) is 5.75 Å². The Hall–Kier alpha value is -2.86. The van der Waals surface area contributed by atoms with Crippen molar-refractivity contribution in [2.45, 2.75) is 18.7 Å². The number of amides is 1. The van der Waals surface area contributed by atoms with E-state index in [-0.39, 0.29) is 17.4 Å². The van der Waals surface area contributed by atoms with Gasteiger partial charge in [-0.2, -0.15) is 5.10 Å². The fourth-order valence-electron chi connectivity index (χ4n) is 2.47. The van der Waals surface area contributed by atoms with E-state index in [1.165, 1.54) is 18.0 Å². The Kier molecular flexibility index (Phi) is 5.53. The van der Waals surface area contributed by atoms with Gasteiger partial charge in [0.05, 0.1) is 17.5 Å². The van der Waals surface area contributed by atoms with Crippen LogP contribution in [-0.4, -0.2) is 28.0 Å². The molecule has 0 atom stereocenters. The third-order valence-electron chi connectivity index (χ3n) is 3.71. The van der Waals surface area contributed by atoms with Gasteiger partial charge in [-0.1, -0.05) is 11.6 Å². The summed E-state index contributed by atoms with van der Waals surface area (Å²) in [6, 6.07) is 14.7. The third kappa shape index (κ3) is 4.61. The van der Waals surface area contributed by atoms with Gasteiger partial charge in [0.1, 0.15) is 5.75 Å². The number of fused-ring (bicyclic) bond motifs is 1. The fourth-order valence-corrected chi connectivity index (χ4v) is 3.39. The molecular formula is C20H19N3O2S. The highest BCUT2D eigenvalue weighted by Crippen LogP contribution is 2.28. The van der Waals surface area contributed by atoms with E-state index in [0.717, 1.165) is 32.6 Å². The standard InChI is InChI=1S/C20H19N3O2S/c1-13-3-8-18-17(9-13)19(10-14(2)22-18)26-12-20(25)23-21-11-15-4-6-16(24)7-5-15/h3-11,24H,12H2,1-2H3,(H,23,25). The summed E-state index contributed by atoms with van der Waals surface area (Å²) in [6.45, 7) is 3.99. The second kappa shape index (κ2) is 8.01. The van der Waals surface area contributed by atoms with Crippen molar-refractivity contribution in [2.75, 3.05) is 5.75 Å². The molecule has 0 bridgehead atoms. The van der Waals surface area contributed by atoms with Crippen LogP contribution in [0.4, 0.5) is 0 Å². The minimum absolute atomic E-state index is 0.180. The Bertz CT molecular complexity index is 969. The molecule has 0 spiro atoms. The maximum Gasteiger partial charge on any atom is 0.250 e. The number of phenols is 1. The molecule has 0 aliphatic rings. The van der Waals surface area contributed by atoms with Gasteiger partial charge in [-0.25, -0.2) is 5.43 Å². The largest absolute Gasteiger partial charge is 0.508 e. The lowest BCUT2D eigenvalue weighted by atomic mass is 10.1.